The van der Waals surface area contributed by atoms with Crippen molar-refractivity contribution in [2.75, 3.05) is 5.84 Å². The van der Waals surface area contributed by atoms with Crippen LogP contribution < -0.4 is 5.84 Å². The molecule has 0 unspecified atom stereocenters. The average Bonchev–Trinajstić information content (AvgIpc) is 2.13. The molecule has 4 N–H and O–H groups in total. The van der Waals surface area contributed by atoms with Gasteiger partial charge in [-0.3, -0.25) is 0 Å². The molecule has 9 heavy (non-hydrogen) atoms. The fourth-order valence-corrected chi connectivity index (χ4v) is 0.436. The Kier molecular flexibility index (Phi) is 1.33. The minimum absolute atomic E-state index is 0.0741. The lowest BCUT2D eigenvalue weighted by molar-refractivity contribution is -0.0510. The molecule has 1 aromatic heterocycles. The van der Waals surface area contributed by atoms with Gasteiger partial charge in [-0.05, 0) is 0 Å². The summed E-state index contributed by atoms with van der Waals surface area (Å²) in [4.78, 5) is 0. The standard InChI is InChI=1S/C3H6N4O2/c4-7-1-5-6-2(7)3(8)9/h1,3,8-9H,4H2. The van der Waals surface area contributed by atoms with Crippen LogP contribution in [0.4, 0.5) is 0 Å². The first-order chi connectivity index (χ1) is 4.22. The van der Waals surface area contributed by atoms with E-state index in [9.17, 15) is 0 Å². The number of hydrogen-bond donors (Lipinski definition) is 3. The first-order valence-corrected chi connectivity index (χ1v) is 2.23. The molecule has 0 aliphatic heterocycles. The van der Waals surface area contributed by atoms with E-state index < -0.39 is 6.29 Å². The molecule has 0 spiro atoms. The van der Waals surface area contributed by atoms with Gasteiger partial charge in [-0.2, -0.15) is 0 Å². The van der Waals surface area contributed by atoms with E-state index in [1.54, 1.807) is 0 Å². The predicted molar refractivity (Wildman–Crippen MR) is 27.4 cm³/mol. The molecule has 1 aromatic rings. The van der Waals surface area contributed by atoms with Crippen molar-refractivity contribution in [2.45, 2.75) is 6.29 Å². The molecule has 0 radical (unpaired) electrons. The summed E-state index contributed by atoms with van der Waals surface area (Å²) in [6.45, 7) is 0. The van der Waals surface area contributed by atoms with E-state index in [1.807, 2.05) is 0 Å². The van der Waals surface area contributed by atoms with E-state index in [-0.39, 0.29) is 5.82 Å². The van der Waals surface area contributed by atoms with Crippen molar-refractivity contribution >= 4 is 0 Å². The van der Waals surface area contributed by atoms with Crippen molar-refractivity contribution in [3.63, 3.8) is 0 Å². The maximum Gasteiger partial charge on any atom is 0.216 e. The average molecular weight is 130 g/mol. The van der Waals surface area contributed by atoms with E-state index in [2.05, 4.69) is 10.2 Å². The van der Waals surface area contributed by atoms with Gasteiger partial charge >= 0.3 is 0 Å². The molecular weight excluding hydrogens is 124 g/mol. The Hall–Kier alpha value is -1.14. The lowest BCUT2D eigenvalue weighted by atomic mass is 10.6. The quantitative estimate of drug-likeness (QED) is 0.301. The molecule has 50 valence electrons. The summed E-state index contributed by atoms with van der Waals surface area (Å²) in [5.41, 5.74) is 0. The second-order valence-corrected chi connectivity index (χ2v) is 1.47. The fourth-order valence-electron chi connectivity index (χ4n) is 0.436. The molecule has 0 aliphatic carbocycles. The Morgan fingerprint density at radius 1 is 1.67 bits per heavy atom. The van der Waals surface area contributed by atoms with Gasteiger partial charge in [-0.1, -0.05) is 0 Å². The van der Waals surface area contributed by atoms with Crippen LogP contribution in [-0.4, -0.2) is 25.1 Å². The van der Waals surface area contributed by atoms with Crippen molar-refractivity contribution in [1.82, 2.24) is 14.9 Å². The molecule has 0 aliphatic rings. The molecular formula is C3H6N4O2. The van der Waals surface area contributed by atoms with E-state index in [0.717, 1.165) is 4.68 Å². The van der Waals surface area contributed by atoms with Crippen LogP contribution in [0.25, 0.3) is 0 Å². The van der Waals surface area contributed by atoms with Gasteiger partial charge < -0.3 is 16.1 Å². The summed E-state index contributed by atoms with van der Waals surface area (Å²) in [5.74, 6) is 5.04. The molecule has 6 heteroatoms. The highest BCUT2D eigenvalue weighted by Crippen LogP contribution is 1.99. The van der Waals surface area contributed by atoms with Gasteiger partial charge in [-0.15, -0.1) is 10.2 Å². The lowest BCUT2D eigenvalue weighted by Crippen LogP contribution is -2.14. The fraction of sp³-hybridized carbons (Fsp3) is 0.333. The molecule has 0 amide bonds. The maximum absolute atomic E-state index is 8.45. The zero-order valence-corrected chi connectivity index (χ0v) is 4.47. The first-order valence-electron chi connectivity index (χ1n) is 2.23. The SMILES string of the molecule is Nn1cnnc1C(O)O. The Bertz CT molecular complexity index is 195. The number of hydrogen-bond acceptors (Lipinski definition) is 5. The maximum atomic E-state index is 8.45. The third kappa shape index (κ3) is 0.980. The molecule has 0 saturated heterocycles. The van der Waals surface area contributed by atoms with E-state index in [1.165, 1.54) is 6.33 Å². The normalized spacial score (nSPS) is 10.6. The summed E-state index contributed by atoms with van der Waals surface area (Å²) in [7, 11) is 0. The van der Waals surface area contributed by atoms with Gasteiger partial charge in [0, 0.05) is 0 Å². The first kappa shape index (κ1) is 5.99. The van der Waals surface area contributed by atoms with E-state index >= 15 is 0 Å². The molecule has 6 nitrogen and oxygen atoms in total. The molecule has 0 fully saturated rings. The van der Waals surface area contributed by atoms with Crippen LogP contribution in [0.5, 0.6) is 0 Å². The van der Waals surface area contributed by atoms with Gasteiger partial charge in [-0.25, -0.2) is 4.68 Å². The monoisotopic (exact) mass is 130 g/mol. The van der Waals surface area contributed by atoms with Crippen molar-refractivity contribution in [3.8, 4) is 0 Å². The summed E-state index contributed by atoms with van der Waals surface area (Å²) in [6, 6.07) is 0. The number of nitrogens with two attached hydrogens (primary N) is 1. The van der Waals surface area contributed by atoms with Crippen LogP contribution in [-0.2, 0) is 0 Å². The van der Waals surface area contributed by atoms with Crippen molar-refractivity contribution in [3.05, 3.63) is 12.2 Å². The minimum atomic E-state index is -1.66. The third-order valence-electron chi connectivity index (χ3n) is 0.832. The van der Waals surface area contributed by atoms with Gasteiger partial charge in [0.25, 0.3) is 0 Å². The third-order valence-corrected chi connectivity index (χ3v) is 0.832. The van der Waals surface area contributed by atoms with Gasteiger partial charge in [0.05, 0.1) is 0 Å². The van der Waals surface area contributed by atoms with Gasteiger partial charge in [0.2, 0.25) is 12.1 Å². The predicted octanol–water partition coefficient (Wildman–Crippen LogP) is -2.02. The number of rotatable bonds is 1. The molecule has 0 atom stereocenters. The summed E-state index contributed by atoms with van der Waals surface area (Å²) >= 11 is 0. The molecule has 1 heterocycles. The zero-order chi connectivity index (χ0) is 6.85. The lowest BCUT2D eigenvalue weighted by Gasteiger charge is -1.98. The molecule has 1 rings (SSSR count). The Labute approximate surface area is 50.5 Å². The number of nitrogens with zero attached hydrogens (tertiary/aromatic N) is 3. The molecule has 0 saturated carbocycles. The Balaban J connectivity index is 2.94. The molecule has 0 bridgehead atoms. The van der Waals surface area contributed by atoms with Crippen molar-refractivity contribution in [1.29, 1.82) is 0 Å². The summed E-state index contributed by atoms with van der Waals surface area (Å²) < 4.78 is 0.935. The highest BCUT2D eigenvalue weighted by molar-refractivity contribution is 4.85. The Morgan fingerprint density at radius 2 is 2.33 bits per heavy atom. The van der Waals surface area contributed by atoms with E-state index in [0.29, 0.717) is 0 Å². The number of aliphatic hydroxyl groups is 2. The Morgan fingerprint density at radius 3 is 2.56 bits per heavy atom. The second-order valence-electron chi connectivity index (χ2n) is 1.47. The molecule has 0 aromatic carbocycles. The zero-order valence-electron chi connectivity index (χ0n) is 4.47. The highest BCUT2D eigenvalue weighted by atomic mass is 16.5. The number of aliphatic hydroxyl groups excluding tert-OH is 1. The van der Waals surface area contributed by atoms with Crippen LogP contribution in [0.1, 0.15) is 12.1 Å². The van der Waals surface area contributed by atoms with Crippen LogP contribution in [0, 0.1) is 0 Å². The number of aromatic nitrogens is 3. The van der Waals surface area contributed by atoms with Crippen LogP contribution in [0.15, 0.2) is 6.33 Å². The van der Waals surface area contributed by atoms with Crippen LogP contribution in [0.3, 0.4) is 0 Å². The smallest absolute Gasteiger partial charge is 0.216 e. The largest absolute Gasteiger partial charge is 0.362 e. The highest BCUT2D eigenvalue weighted by Gasteiger charge is 2.08. The minimum Gasteiger partial charge on any atom is -0.362 e. The summed E-state index contributed by atoms with van der Waals surface area (Å²) in [6.07, 6.45) is -0.480. The van der Waals surface area contributed by atoms with Crippen LogP contribution in [0.2, 0.25) is 0 Å². The van der Waals surface area contributed by atoms with Crippen LogP contribution >= 0.6 is 0 Å². The van der Waals surface area contributed by atoms with Crippen molar-refractivity contribution in [2.24, 2.45) is 0 Å². The topological polar surface area (TPSA) is 97.2 Å². The summed E-state index contributed by atoms with van der Waals surface area (Å²) in [5, 5.41) is 23.5. The van der Waals surface area contributed by atoms with E-state index in [4.69, 9.17) is 16.1 Å². The number of nitrogen functional groups attached to an aromatic ring is 1. The van der Waals surface area contributed by atoms with Gasteiger partial charge in [0.1, 0.15) is 6.33 Å². The second kappa shape index (κ2) is 2.00. The van der Waals surface area contributed by atoms with Gasteiger partial charge in [0.15, 0.2) is 0 Å². The van der Waals surface area contributed by atoms with Crippen molar-refractivity contribution < 1.29 is 10.2 Å².